The smallest absolute Gasteiger partial charge is 0.0789 e. The highest BCUT2D eigenvalue weighted by molar-refractivity contribution is 6.30. The first-order chi connectivity index (χ1) is 8.20. The molecule has 1 aromatic carbocycles. The third kappa shape index (κ3) is 3.12. The fraction of sp³-hybridized carbons (Fsp3) is 0.538. The lowest BCUT2D eigenvalue weighted by Gasteiger charge is -2.35. The molecule has 4 heteroatoms. The molecule has 0 amide bonds. The lowest BCUT2D eigenvalue weighted by Crippen LogP contribution is -2.37. The van der Waals surface area contributed by atoms with Gasteiger partial charge in [-0.15, -0.1) is 0 Å². The minimum absolute atomic E-state index is 0.241. The van der Waals surface area contributed by atoms with Gasteiger partial charge in [-0.3, -0.25) is 0 Å². The Morgan fingerprint density at radius 3 is 2.29 bits per heavy atom. The predicted molar refractivity (Wildman–Crippen MR) is 71.2 cm³/mol. The first kappa shape index (κ1) is 12.7. The molecule has 1 aliphatic rings. The van der Waals surface area contributed by atoms with Crippen molar-refractivity contribution < 1.29 is 4.84 Å². The minimum atomic E-state index is 0.241. The van der Waals surface area contributed by atoms with E-state index in [0.717, 1.165) is 30.7 Å². The molecule has 1 aromatic rings. The number of benzene rings is 1. The zero-order valence-electron chi connectivity index (χ0n) is 10.1. The van der Waals surface area contributed by atoms with Crippen molar-refractivity contribution in [2.75, 3.05) is 11.9 Å². The molecule has 1 aliphatic carbocycles. The van der Waals surface area contributed by atoms with E-state index in [1.54, 1.807) is 0 Å². The van der Waals surface area contributed by atoms with Gasteiger partial charge in [-0.2, -0.15) is 0 Å². The second-order valence-electron chi connectivity index (χ2n) is 4.65. The second-order valence-corrected chi connectivity index (χ2v) is 5.09. The lowest BCUT2D eigenvalue weighted by atomic mass is 9.92. The van der Waals surface area contributed by atoms with Crippen LogP contribution in [0.25, 0.3) is 0 Å². The van der Waals surface area contributed by atoms with Gasteiger partial charge in [-0.1, -0.05) is 11.6 Å². The molecule has 0 saturated heterocycles. The van der Waals surface area contributed by atoms with E-state index in [1.165, 1.54) is 5.69 Å². The third-order valence-corrected chi connectivity index (χ3v) is 3.87. The van der Waals surface area contributed by atoms with E-state index in [2.05, 4.69) is 24.1 Å². The largest absolute Gasteiger partial charge is 0.372 e. The van der Waals surface area contributed by atoms with Gasteiger partial charge in [0.15, 0.2) is 0 Å². The van der Waals surface area contributed by atoms with Crippen LogP contribution in [-0.2, 0) is 4.84 Å². The number of anilines is 1. The summed E-state index contributed by atoms with van der Waals surface area (Å²) in [5.74, 6) is 5.22. The molecule has 1 saturated carbocycles. The van der Waals surface area contributed by atoms with Crippen molar-refractivity contribution in [2.45, 2.75) is 37.8 Å². The van der Waals surface area contributed by atoms with Crippen molar-refractivity contribution in [1.29, 1.82) is 0 Å². The Hall–Kier alpha value is -0.770. The summed E-state index contributed by atoms with van der Waals surface area (Å²) in [5, 5.41) is 0.780. The van der Waals surface area contributed by atoms with Crippen LogP contribution in [0, 0.1) is 0 Å². The minimum Gasteiger partial charge on any atom is -0.372 e. The Morgan fingerprint density at radius 1 is 1.18 bits per heavy atom. The zero-order chi connectivity index (χ0) is 12.3. The fourth-order valence-corrected chi connectivity index (χ4v) is 2.58. The Labute approximate surface area is 107 Å². The molecule has 0 aromatic heterocycles. The number of hydrogen-bond donors (Lipinski definition) is 1. The van der Waals surface area contributed by atoms with Crippen LogP contribution in [0.4, 0.5) is 5.69 Å². The van der Waals surface area contributed by atoms with Gasteiger partial charge in [0.05, 0.1) is 6.10 Å². The van der Waals surface area contributed by atoms with E-state index in [-0.39, 0.29) is 6.10 Å². The molecular formula is C13H19ClN2O. The highest BCUT2D eigenvalue weighted by Crippen LogP contribution is 2.27. The summed E-state index contributed by atoms with van der Waals surface area (Å²) in [6.45, 7) is 0. The van der Waals surface area contributed by atoms with E-state index in [4.69, 9.17) is 22.3 Å². The molecule has 2 N–H and O–H groups in total. The van der Waals surface area contributed by atoms with Gasteiger partial charge < -0.3 is 9.74 Å². The maximum atomic E-state index is 5.89. The average Bonchev–Trinajstić information content (AvgIpc) is 2.39. The van der Waals surface area contributed by atoms with E-state index in [9.17, 15) is 0 Å². The Morgan fingerprint density at radius 2 is 1.76 bits per heavy atom. The molecule has 2 rings (SSSR count). The molecule has 0 unspecified atom stereocenters. The summed E-state index contributed by atoms with van der Waals surface area (Å²) < 4.78 is 0. The van der Waals surface area contributed by atoms with E-state index in [0.29, 0.717) is 6.04 Å². The standard InChI is InChI=1S/C13H19ClN2O/c1-16(11-4-2-10(14)3-5-11)12-6-8-13(17-15)9-7-12/h2-5,12-13H,6-9,15H2,1H3. The second kappa shape index (κ2) is 5.71. The van der Waals surface area contributed by atoms with Crippen LogP contribution in [0.3, 0.4) is 0 Å². The fourth-order valence-electron chi connectivity index (χ4n) is 2.46. The number of nitrogens with zero attached hydrogens (tertiary/aromatic N) is 1. The Kier molecular flexibility index (Phi) is 4.26. The van der Waals surface area contributed by atoms with Crippen molar-refractivity contribution in [2.24, 2.45) is 5.90 Å². The van der Waals surface area contributed by atoms with Crippen LogP contribution in [0.15, 0.2) is 24.3 Å². The predicted octanol–water partition coefficient (Wildman–Crippen LogP) is 2.98. The van der Waals surface area contributed by atoms with Crippen molar-refractivity contribution >= 4 is 17.3 Å². The molecular weight excluding hydrogens is 236 g/mol. The first-order valence-electron chi connectivity index (χ1n) is 6.04. The lowest BCUT2D eigenvalue weighted by molar-refractivity contribution is 0.0243. The van der Waals surface area contributed by atoms with Gasteiger partial charge in [0, 0.05) is 23.8 Å². The molecule has 94 valence electrons. The van der Waals surface area contributed by atoms with Gasteiger partial charge in [0.1, 0.15) is 0 Å². The van der Waals surface area contributed by atoms with E-state index >= 15 is 0 Å². The molecule has 1 fully saturated rings. The van der Waals surface area contributed by atoms with Gasteiger partial charge >= 0.3 is 0 Å². The normalized spacial score (nSPS) is 24.6. The number of rotatable bonds is 3. The molecule has 0 radical (unpaired) electrons. The molecule has 0 aliphatic heterocycles. The summed E-state index contributed by atoms with van der Waals surface area (Å²) in [6, 6.07) is 8.56. The van der Waals surface area contributed by atoms with Crippen LogP contribution >= 0.6 is 11.6 Å². The molecule has 17 heavy (non-hydrogen) atoms. The summed E-state index contributed by atoms with van der Waals surface area (Å²) in [6.07, 6.45) is 4.57. The van der Waals surface area contributed by atoms with Gasteiger partial charge in [0.25, 0.3) is 0 Å². The summed E-state index contributed by atoms with van der Waals surface area (Å²) in [7, 11) is 2.14. The molecule has 3 nitrogen and oxygen atoms in total. The number of halogens is 1. The van der Waals surface area contributed by atoms with Gasteiger partial charge in [0.2, 0.25) is 0 Å². The van der Waals surface area contributed by atoms with Crippen molar-refractivity contribution in [3.63, 3.8) is 0 Å². The van der Waals surface area contributed by atoms with Crippen LogP contribution in [-0.4, -0.2) is 19.2 Å². The average molecular weight is 255 g/mol. The summed E-state index contributed by atoms with van der Waals surface area (Å²) in [4.78, 5) is 7.23. The quantitative estimate of drug-likeness (QED) is 0.843. The topological polar surface area (TPSA) is 38.5 Å². The molecule has 0 heterocycles. The maximum Gasteiger partial charge on any atom is 0.0789 e. The monoisotopic (exact) mass is 254 g/mol. The van der Waals surface area contributed by atoms with Gasteiger partial charge in [-0.05, 0) is 49.9 Å². The highest BCUT2D eigenvalue weighted by Gasteiger charge is 2.24. The maximum absolute atomic E-state index is 5.89. The van der Waals surface area contributed by atoms with Crippen LogP contribution < -0.4 is 10.8 Å². The number of nitrogens with two attached hydrogens (primary N) is 1. The third-order valence-electron chi connectivity index (χ3n) is 3.62. The van der Waals surface area contributed by atoms with E-state index in [1.807, 2.05) is 12.1 Å². The van der Waals surface area contributed by atoms with Crippen molar-refractivity contribution in [1.82, 2.24) is 0 Å². The number of hydrogen-bond acceptors (Lipinski definition) is 3. The van der Waals surface area contributed by atoms with Crippen molar-refractivity contribution in [3.05, 3.63) is 29.3 Å². The molecule has 0 atom stereocenters. The Balaban J connectivity index is 1.96. The highest BCUT2D eigenvalue weighted by atomic mass is 35.5. The molecule has 0 bridgehead atoms. The van der Waals surface area contributed by atoms with E-state index < -0.39 is 0 Å². The Bertz CT molecular complexity index is 347. The van der Waals surface area contributed by atoms with Crippen LogP contribution in [0.5, 0.6) is 0 Å². The van der Waals surface area contributed by atoms with Crippen LogP contribution in [0.2, 0.25) is 5.02 Å². The molecule has 0 spiro atoms. The van der Waals surface area contributed by atoms with Crippen LogP contribution in [0.1, 0.15) is 25.7 Å². The SMILES string of the molecule is CN(c1ccc(Cl)cc1)C1CCC(ON)CC1. The van der Waals surface area contributed by atoms with Gasteiger partial charge in [-0.25, -0.2) is 5.90 Å². The zero-order valence-corrected chi connectivity index (χ0v) is 10.9. The first-order valence-corrected chi connectivity index (χ1v) is 6.42. The summed E-state index contributed by atoms with van der Waals surface area (Å²) >= 11 is 5.89. The van der Waals surface area contributed by atoms with Crippen molar-refractivity contribution in [3.8, 4) is 0 Å². The summed E-state index contributed by atoms with van der Waals surface area (Å²) in [5.41, 5.74) is 1.21.